The first kappa shape index (κ1) is 13.1. The molecular weight excluding hydrogens is 242 g/mol. The van der Waals surface area contributed by atoms with Crippen LogP contribution in [0.5, 0.6) is 0 Å². The van der Waals surface area contributed by atoms with E-state index in [9.17, 15) is 9.59 Å². The average Bonchev–Trinajstić information content (AvgIpc) is 2.65. The molecule has 0 radical (unpaired) electrons. The Bertz CT molecular complexity index is 575. The number of likely N-dealkylation sites (N-methyl/N-ethyl adjacent to an activating group) is 1. The van der Waals surface area contributed by atoms with Gasteiger partial charge in [0.2, 0.25) is 0 Å². The number of carbonyl (C=O) groups excluding carboxylic acids is 2. The molecule has 1 aromatic carbocycles. The summed E-state index contributed by atoms with van der Waals surface area (Å²) in [5.41, 5.74) is 2.02. The van der Waals surface area contributed by atoms with Gasteiger partial charge in [-0.25, -0.2) is 0 Å². The van der Waals surface area contributed by atoms with Gasteiger partial charge in [0.15, 0.2) is 0 Å². The first-order chi connectivity index (χ1) is 9.10. The van der Waals surface area contributed by atoms with Gasteiger partial charge in [-0.3, -0.25) is 9.59 Å². The number of Topliss-reactive ketones (excluding diaryl/α,β-unsaturated/α-hetero) is 1. The van der Waals surface area contributed by atoms with Crippen molar-refractivity contribution in [1.29, 1.82) is 5.26 Å². The monoisotopic (exact) mass is 257 g/mol. The lowest BCUT2D eigenvalue weighted by atomic mass is 10.1. The molecule has 0 fully saturated rings. The number of ketones is 1. The topological polar surface area (TPSA) is 64.4 Å². The zero-order chi connectivity index (χ0) is 14.0. The molecule has 5 heteroatoms. The van der Waals surface area contributed by atoms with Crippen molar-refractivity contribution < 1.29 is 9.59 Å². The van der Waals surface area contributed by atoms with E-state index in [0.717, 1.165) is 12.2 Å². The number of fused-ring (bicyclic) bond motifs is 1. The van der Waals surface area contributed by atoms with Crippen LogP contribution >= 0.6 is 0 Å². The zero-order valence-corrected chi connectivity index (χ0v) is 11.0. The van der Waals surface area contributed by atoms with E-state index in [1.54, 1.807) is 13.1 Å². The van der Waals surface area contributed by atoms with Gasteiger partial charge < -0.3 is 9.80 Å². The van der Waals surface area contributed by atoms with Crippen LogP contribution in [0.3, 0.4) is 0 Å². The molecule has 0 bridgehead atoms. The molecule has 0 unspecified atom stereocenters. The maximum Gasteiger partial charge on any atom is 0.299 e. The molecule has 1 aliphatic rings. The predicted octanol–water partition coefficient (Wildman–Crippen LogP) is 1.59. The van der Waals surface area contributed by atoms with Gasteiger partial charge in [-0.2, -0.15) is 5.26 Å². The van der Waals surface area contributed by atoms with Crippen LogP contribution in [-0.4, -0.2) is 31.8 Å². The third-order valence-electron chi connectivity index (χ3n) is 3.33. The fourth-order valence-corrected chi connectivity index (χ4v) is 2.22. The number of amides is 1. The molecule has 0 saturated carbocycles. The Morgan fingerprint density at radius 2 is 2.11 bits per heavy atom. The maximum atomic E-state index is 11.7. The lowest BCUT2D eigenvalue weighted by molar-refractivity contribution is -0.114. The summed E-state index contributed by atoms with van der Waals surface area (Å²) in [5, 5.41) is 8.65. The highest BCUT2D eigenvalue weighted by Gasteiger charge is 2.33. The highest BCUT2D eigenvalue weighted by atomic mass is 16.2. The van der Waals surface area contributed by atoms with E-state index in [0.29, 0.717) is 24.2 Å². The molecule has 1 aromatic rings. The molecule has 2 rings (SSSR count). The van der Waals surface area contributed by atoms with Crippen LogP contribution in [-0.2, 0) is 4.79 Å². The Kier molecular flexibility index (Phi) is 3.52. The van der Waals surface area contributed by atoms with Gasteiger partial charge in [0.05, 0.1) is 23.7 Å². The van der Waals surface area contributed by atoms with Crippen LogP contribution in [0.1, 0.15) is 23.7 Å². The molecule has 0 saturated heterocycles. The summed E-state index contributed by atoms with van der Waals surface area (Å²) in [6, 6.07) is 7.46. The largest absolute Gasteiger partial charge is 0.371 e. The predicted molar refractivity (Wildman–Crippen MR) is 72.3 cm³/mol. The molecule has 19 heavy (non-hydrogen) atoms. The van der Waals surface area contributed by atoms with E-state index in [2.05, 4.69) is 6.07 Å². The van der Waals surface area contributed by atoms with Crippen molar-refractivity contribution in [2.24, 2.45) is 0 Å². The number of hydrogen-bond donors (Lipinski definition) is 0. The highest BCUT2D eigenvalue weighted by Crippen LogP contribution is 2.31. The average molecular weight is 257 g/mol. The first-order valence-corrected chi connectivity index (χ1v) is 6.18. The zero-order valence-electron chi connectivity index (χ0n) is 11.0. The SMILES string of the molecule is CCN(CCC#N)c1ccc2c(c1)N(C)C(=O)C2=O. The molecule has 0 N–H and O–H groups in total. The van der Waals surface area contributed by atoms with Crippen molar-refractivity contribution in [2.45, 2.75) is 13.3 Å². The quantitative estimate of drug-likeness (QED) is 0.768. The van der Waals surface area contributed by atoms with Crippen LogP contribution in [0.4, 0.5) is 11.4 Å². The molecular formula is C14H15N3O2. The molecule has 98 valence electrons. The standard InChI is InChI=1S/C14H15N3O2/c1-3-17(8-4-7-15)10-5-6-11-12(9-10)16(2)14(19)13(11)18/h5-6,9H,3-4,8H2,1-2H3. The van der Waals surface area contributed by atoms with Crippen LogP contribution < -0.4 is 9.80 Å². The van der Waals surface area contributed by atoms with E-state index in [1.807, 2.05) is 24.0 Å². The van der Waals surface area contributed by atoms with Gasteiger partial charge in [0, 0.05) is 25.8 Å². The Morgan fingerprint density at radius 1 is 1.37 bits per heavy atom. The summed E-state index contributed by atoms with van der Waals surface area (Å²) in [5.74, 6) is -0.948. The molecule has 0 spiro atoms. The molecule has 1 amide bonds. The minimum atomic E-state index is -0.493. The third kappa shape index (κ3) is 2.17. The summed E-state index contributed by atoms with van der Waals surface area (Å²) in [4.78, 5) is 26.7. The maximum absolute atomic E-state index is 11.7. The fourth-order valence-electron chi connectivity index (χ4n) is 2.22. The second-order valence-electron chi connectivity index (χ2n) is 4.38. The van der Waals surface area contributed by atoms with Crippen LogP contribution in [0, 0.1) is 11.3 Å². The van der Waals surface area contributed by atoms with Crippen LogP contribution in [0.2, 0.25) is 0 Å². The summed E-state index contributed by atoms with van der Waals surface area (Å²) < 4.78 is 0. The Morgan fingerprint density at radius 3 is 2.74 bits per heavy atom. The molecule has 1 aliphatic heterocycles. The summed E-state index contributed by atoms with van der Waals surface area (Å²) >= 11 is 0. The van der Waals surface area contributed by atoms with Crippen LogP contribution in [0.15, 0.2) is 18.2 Å². The molecule has 0 aromatic heterocycles. The van der Waals surface area contributed by atoms with Gasteiger partial charge in [0.1, 0.15) is 0 Å². The van der Waals surface area contributed by atoms with Gasteiger partial charge in [0.25, 0.3) is 11.7 Å². The van der Waals surface area contributed by atoms with Crippen molar-refractivity contribution in [3.05, 3.63) is 23.8 Å². The Labute approximate surface area is 112 Å². The first-order valence-electron chi connectivity index (χ1n) is 6.18. The van der Waals surface area contributed by atoms with E-state index < -0.39 is 11.7 Å². The van der Waals surface area contributed by atoms with E-state index in [4.69, 9.17) is 5.26 Å². The number of hydrogen-bond acceptors (Lipinski definition) is 4. The number of carbonyl (C=O) groups is 2. The molecule has 0 aliphatic carbocycles. The summed E-state index contributed by atoms with van der Waals surface area (Å²) in [6.07, 6.45) is 0.443. The van der Waals surface area contributed by atoms with Crippen molar-refractivity contribution in [1.82, 2.24) is 0 Å². The summed E-state index contributed by atoms with van der Waals surface area (Å²) in [6.45, 7) is 3.41. The summed E-state index contributed by atoms with van der Waals surface area (Å²) in [7, 11) is 1.60. The number of nitrogens with zero attached hydrogens (tertiary/aromatic N) is 3. The Hall–Kier alpha value is -2.35. The van der Waals surface area contributed by atoms with E-state index in [-0.39, 0.29) is 0 Å². The lowest BCUT2D eigenvalue weighted by Gasteiger charge is -2.23. The minimum absolute atomic E-state index is 0.443. The lowest BCUT2D eigenvalue weighted by Crippen LogP contribution is -2.25. The number of nitriles is 1. The van der Waals surface area contributed by atoms with Crippen molar-refractivity contribution in [3.63, 3.8) is 0 Å². The van der Waals surface area contributed by atoms with E-state index >= 15 is 0 Å². The normalized spacial score (nSPS) is 13.4. The smallest absolute Gasteiger partial charge is 0.299 e. The fraction of sp³-hybridized carbons (Fsp3) is 0.357. The van der Waals surface area contributed by atoms with Gasteiger partial charge >= 0.3 is 0 Å². The van der Waals surface area contributed by atoms with Gasteiger partial charge in [-0.15, -0.1) is 0 Å². The van der Waals surface area contributed by atoms with Crippen molar-refractivity contribution in [2.75, 3.05) is 29.9 Å². The Balaban J connectivity index is 2.34. The van der Waals surface area contributed by atoms with Crippen LogP contribution in [0.25, 0.3) is 0 Å². The molecule has 1 heterocycles. The minimum Gasteiger partial charge on any atom is -0.371 e. The molecule has 5 nitrogen and oxygen atoms in total. The number of rotatable bonds is 4. The van der Waals surface area contributed by atoms with Crippen molar-refractivity contribution in [3.8, 4) is 6.07 Å². The number of anilines is 2. The van der Waals surface area contributed by atoms with Gasteiger partial charge in [-0.05, 0) is 25.1 Å². The second-order valence-corrected chi connectivity index (χ2v) is 4.38. The highest BCUT2D eigenvalue weighted by molar-refractivity contribution is 6.52. The third-order valence-corrected chi connectivity index (χ3v) is 3.33. The number of benzene rings is 1. The van der Waals surface area contributed by atoms with E-state index in [1.165, 1.54) is 4.90 Å². The van der Waals surface area contributed by atoms with Gasteiger partial charge in [-0.1, -0.05) is 0 Å². The molecule has 0 atom stereocenters. The second kappa shape index (κ2) is 5.11. The van der Waals surface area contributed by atoms with Crippen molar-refractivity contribution >= 4 is 23.1 Å².